The summed E-state index contributed by atoms with van der Waals surface area (Å²) in [5.41, 5.74) is 2.06. The van der Waals surface area contributed by atoms with Gasteiger partial charge in [-0.3, -0.25) is 4.79 Å². The third kappa shape index (κ3) is 4.14. The van der Waals surface area contributed by atoms with Crippen molar-refractivity contribution in [2.45, 2.75) is 44.9 Å². The van der Waals surface area contributed by atoms with Crippen molar-refractivity contribution in [1.29, 1.82) is 0 Å². The third-order valence-corrected chi connectivity index (χ3v) is 3.87. The average molecular weight is 242 g/mol. The maximum absolute atomic E-state index is 11.1. The lowest BCUT2D eigenvalue weighted by Gasteiger charge is -2.21. The van der Waals surface area contributed by atoms with Gasteiger partial charge >= 0.3 is 0 Å². The summed E-state index contributed by atoms with van der Waals surface area (Å²) in [5, 5.41) is 0. The lowest BCUT2D eigenvalue weighted by atomic mass is 9.85. The Morgan fingerprint density at radius 1 is 1.11 bits per heavy atom. The molecule has 0 spiro atoms. The first-order valence-corrected chi connectivity index (χ1v) is 7.09. The predicted octanol–water partition coefficient (Wildman–Crippen LogP) is 4.63. The maximum atomic E-state index is 11.1. The number of hydrogen-bond acceptors (Lipinski definition) is 1. The van der Waals surface area contributed by atoms with E-state index in [-0.39, 0.29) is 0 Å². The summed E-state index contributed by atoms with van der Waals surface area (Å²) in [4.78, 5) is 11.1. The molecule has 1 aliphatic rings. The molecule has 1 saturated carbocycles. The molecule has 0 amide bonds. The summed E-state index contributed by atoms with van der Waals surface area (Å²) in [5.74, 6) is 0.845. The van der Waals surface area contributed by atoms with Crippen molar-refractivity contribution in [3.63, 3.8) is 0 Å². The Bertz CT molecular complexity index is 385. The highest BCUT2D eigenvalue weighted by Gasteiger charge is 2.13. The average Bonchev–Trinajstić information content (AvgIpc) is 2.45. The van der Waals surface area contributed by atoms with Crippen molar-refractivity contribution in [3.8, 4) is 0 Å². The highest BCUT2D eigenvalue weighted by molar-refractivity contribution is 5.81. The van der Waals surface area contributed by atoms with E-state index in [1.165, 1.54) is 38.5 Å². The topological polar surface area (TPSA) is 17.1 Å². The SMILES string of the molecule is O=C/C(=C/c1ccccc1)CCC1CCCCC1. The second-order valence-corrected chi connectivity index (χ2v) is 5.29. The number of carbonyl (C=O) groups is 1. The summed E-state index contributed by atoms with van der Waals surface area (Å²) < 4.78 is 0. The molecule has 1 nitrogen and oxygen atoms in total. The molecule has 0 atom stereocenters. The van der Waals surface area contributed by atoms with Crippen molar-refractivity contribution in [2.75, 3.05) is 0 Å². The molecule has 0 N–H and O–H groups in total. The van der Waals surface area contributed by atoms with Gasteiger partial charge in [0.05, 0.1) is 0 Å². The molecule has 0 saturated heterocycles. The van der Waals surface area contributed by atoms with Gasteiger partial charge in [-0.15, -0.1) is 0 Å². The van der Waals surface area contributed by atoms with Gasteiger partial charge in [-0.25, -0.2) is 0 Å². The van der Waals surface area contributed by atoms with Gasteiger partial charge in [0.15, 0.2) is 0 Å². The first-order valence-electron chi connectivity index (χ1n) is 7.09. The molecule has 0 radical (unpaired) electrons. The number of carbonyl (C=O) groups excluding carboxylic acids is 1. The quantitative estimate of drug-likeness (QED) is 0.543. The molecule has 96 valence electrons. The largest absolute Gasteiger partial charge is 0.298 e. The first-order chi connectivity index (χ1) is 8.88. The molecule has 1 heteroatoms. The van der Waals surface area contributed by atoms with E-state index in [9.17, 15) is 4.79 Å². The molecule has 0 bridgehead atoms. The van der Waals surface area contributed by atoms with Gasteiger partial charge < -0.3 is 0 Å². The molecule has 18 heavy (non-hydrogen) atoms. The Hall–Kier alpha value is -1.37. The number of benzene rings is 1. The first kappa shape index (κ1) is 13.1. The molecule has 1 aromatic carbocycles. The fourth-order valence-corrected chi connectivity index (χ4v) is 2.78. The van der Waals surface area contributed by atoms with Crippen LogP contribution in [-0.2, 0) is 4.79 Å². The van der Waals surface area contributed by atoms with Gasteiger partial charge in [-0.05, 0) is 36.0 Å². The minimum Gasteiger partial charge on any atom is -0.298 e. The van der Waals surface area contributed by atoms with Crippen LogP contribution in [0.3, 0.4) is 0 Å². The Kier molecular flexibility index (Phi) is 5.19. The fraction of sp³-hybridized carbons (Fsp3) is 0.471. The van der Waals surface area contributed by atoms with Crippen LogP contribution in [0.15, 0.2) is 35.9 Å². The number of aldehydes is 1. The molecule has 0 unspecified atom stereocenters. The predicted molar refractivity (Wildman–Crippen MR) is 76.3 cm³/mol. The van der Waals surface area contributed by atoms with Crippen LogP contribution in [0.4, 0.5) is 0 Å². The van der Waals surface area contributed by atoms with Crippen LogP contribution in [0, 0.1) is 5.92 Å². The number of hydrogen-bond donors (Lipinski definition) is 0. The Balaban J connectivity index is 1.89. The van der Waals surface area contributed by atoms with Crippen molar-refractivity contribution in [3.05, 3.63) is 41.5 Å². The Morgan fingerprint density at radius 3 is 2.50 bits per heavy atom. The molecule has 0 heterocycles. The summed E-state index contributed by atoms with van der Waals surface area (Å²) in [6.45, 7) is 0. The molecule has 1 aliphatic carbocycles. The molecule has 1 fully saturated rings. The van der Waals surface area contributed by atoms with E-state index in [2.05, 4.69) is 0 Å². The van der Waals surface area contributed by atoms with Crippen molar-refractivity contribution in [2.24, 2.45) is 5.92 Å². The van der Waals surface area contributed by atoms with Crippen molar-refractivity contribution in [1.82, 2.24) is 0 Å². The van der Waals surface area contributed by atoms with E-state index in [1.807, 2.05) is 36.4 Å². The number of rotatable bonds is 5. The Labute approximate surface area is 110 Å². The minimum atomic E-state index is 0.845. The third-order valence-electron chi connectivity index (χ3n) is 3.87. The zero-order chi connectivity index (χ0) is 12.6. The van der Waals surface area contributed by atoms with Crippen LogP contribution in [0.2, 0.25) is 0 Å². The van der Waals surface area contributed by atoms with Crippen LogP contribution < -0.4 is 0 Å². The normalized spacial score (nSPS) is 17.7. The summed E-state index contributed by atoms with van der Waals surface area (Å²) >= 11 is 0. The lowest BCUT2D eigenvalue weighted by molar-refractivity contribution is -0.105. The fourth-order valence-electron chi connectivity index (χ4n) is 2.78. The number of allylic oxidation sites excluding steroid dienone is 1. The highest BCUT2D eigenvalue weighted by Crippen LogP contribution is 2.28. The lowest BCUT2D eigenvalue weighted by Crippen LogP contribution is -2.06. The summed E-state index contributed by atoms with van der Waals surface area (Å²) in [7, 11) is 0. The molecule has 0 aliphatic heterocycles. The summed E-state index contributed by atoms with van der Waals surface area (Å²) in [6, 6.07) is 10.1. The van der Waals surface area contributed by atoms with Gasteiger partial charge in [0.25, 0.3) is 0 Å². The van der Waals surface area contributed by atoms with Gasteiger partial charge in [-0.2, -0.15) is 0 Å². The molecule has 0 aromatic heterocycles. The van der Waals surface area contributed by atoms with E-state index in [4.69, 9.17) is 0 Å². The van der Waals surface area contributed by atoms with Crippen molar-refractivity contribution < 1.29 is 4.79 Å². The van der Waals surface area contributed by atoms with E-state index in [0.717, 1.165) is 29.8 Å². The monoisotopic (exact) mass is 242 g/mol. The van der Waals surface area contributed by atoms with Gasteiger partial charge in [0, 0.05) is 0 Å². The smallest absolute Gasteiger partial charge is 0.146 e. The van der Waals surface area contributed by atoms with Crippen LogP contribution in [-0.4, -0.2) is 6.29 Å². The molecule has 2 rings (SSSR count). The zero-order valence-corrected chi connectivity index (χ0v) is 11.0. The Morgan fingerprint density at radius 2 is 1.83 bits per heavy atom. The van der Waals surface area contributed by atoms with Gasteiger partial charge in [-0.1, -0.05) is 62.4 Å². The highest BCUT2D eigenvalue weighted by atomic mass is 16.1. The minimum absolute atomic E-state index is 0.845. The summed E-state index contributed by atoms with van der Waals surface area (Å²) in [6.07, 6.45) is 12.0. The second-order valence-electron chi connectivity index (χ2n) is 5.29. The van der Waals surface area contributed by atoms with E-state index in [1.54, 1.807) is 0 Å². The van der Waals surface area contributed by atoms with E-state index in [0.29, 0.717) is 0 Å². The van der Waals surface area contributed by atoms with Crippen LogP contribution in [0.5, 0.6) is 0 Å². The molecular formula is C17H22O. The van der Waals surface area contributed by atoms with Gasteiger partial charge in [0.1, 0.15) is 6.29 Å². The molecular weight excluding hydrogens is 220 g/mol. The van der Waals surface area contributed by atoms with Crippen molar-refractivity contribution >= 4 is 12.4 Å². The van der Waals surface area contributed by atoms with Gasteiger partial charge in [0.2, 0.25) is 0 Å². The standard InChI is InChI=1S/C17H22O/c18-14-17(13-16-9-5-2-6-10-16)12-11-15-7-3-1-4-8-15/h2,5-6,9-10,13-15H,1,3-4,7-8,11-12H2/b17-13+. The van der Waals surface area contributed by atoms with Crippen LogP contribution in [0.1, 0.15) is 50.5 Å². The maximum Gasteiger partial charge on any atom is 0.146 e. The second kappa shape index (κ2) is 7.15. The zero-order valence-electron chi connectivity index (χ0n) is 11.0. The van der Waals surface area contributed by atoms with Crippen LogP contribution in [0.25, 0.3) is 6.08 Å². The molecule has 1 aromatic rings. The van der Waals surface area contributed by atoms with Crippen LogP contribution >= 0.6 is 0 Å². The van der Waals surface area contributed by atoms with E-state index >= 15 is 0 Å². The van der Waals surface area contributed by atoms with E-state index < -0.39 is 0 Å².